The summed E-state index contributed by atoms with van der Waals surface area (Å²) in [6.45, 7) is 9.17. The Hall–Kier alpha value is 0.531. The fourth-order valence-corrected chi connectivity index (χ4v) is 9.50. The number of hydrogen-bond donors (Lipinski definition) is 0. The summed E-state index contributed by atoms with van der Waals surface area (Å²) in [6, 6.07) is 4.13. The van der Waals surface area contributed by atoms with Crippen molar-refractivity contribution in [2.45, 2.75) is 82.5 Å². The van der Waals surface area contributed by atoms with Crippen molar-refractivity contribution in [3.63, 3.8) is 0 Å². The van der Waals surface area contributed by atoms with Crippen LogP contribution in [0.5, 0.6) is 0 Å². The van der Waals surface area contributed by atoms with E-state index in [2.05, 4.69) is 20.8 Å². The summed E-state index contributed by atoms with van der Waals surface area (Å²) in [5.74, 6) is 0. The van der Waals surface area contributed by atoms with Gasteiger partial charge in [-0.1, -0.05) is 19.3 Å². The Morgan fingerprint density at radius 1 is 0.909 bits per heavy atom. The van der Waals surface area contributed by atoms with Gasteiger partial charge in [0.2, 0.25) is 0 Å². The highest BCUT2D eigenvalue weighted by Gasteiger charge is 2.43. The van der Waals surface area contributed by atoms with E-state index in [1.807, 2.05) is 0 Å². The molecule has 1 unspecified atom stereocenters. The van der Waals surface area contributed by atoms with E-state index in [1.165, 1.54) is 56.7 Å². The molecule has 1 aliphatic heterocycles. The van der Waals surface area contributed by atoms with Gasteiger partial charge in [-0.3, -0.25) is 0 Å². The van der Waals surface area contributed by atoms with Crippen LogP contribution in [-0.4, -0.2) is 48.4 Å². The minimum atomic E-state index is -1.00. The van der Waals surface area contributed by atoms with Crippen molar-refractivity contribution in [2.75, 3.05) is 19.8 Å². The minimum absolute atomic E-state index is 0.250. The van der Waals surface area contributed by atoms with Gasteiger partial charge in [-0.05, 0) is 63.2 Å². The lowest BCUT2D eigenvalue weighted by Gasteiger charge is -2.34. The molecule has 1 rings (SSSR count). The van der Waals surface area contributed by atoms with Gasteiger partial charge in [-0.15, -0.1) is 0 Å². The van der Waals surface area contributed by atoms with Crippen LogP contribution in [0.25, 0.3) is 0 Å². The van der Waals surface area contributed by atoms with Crippen molar-refractivity contribution in [3.8, 4) is 0 Å². The Bertz CT molecular complexity index is 253. The summed E-state index contributed by atoms with van der Waals surface area (Å²) in [4.78, 5) is 0. The van der Waals surface area contributed by atoms with Crippen molar-refractivity contribution < 1.29 is 13.3 Å². The van der Waals surface area contributed by atoms with E-state index in [-0.39, 0.29) is 19.5 Å². The zero-order valence-corrected chi connectivity index (χ0v) is 19.2. The monoisotopic (exact) mass is 362 g/mol. The summed E-state index contributed by atoms with van der Waals surface area (Å²) < 4.78 is 17.6. The SMILES string of the molecule is CCO[SiH2]CCCC1(CCC[SiH2]OCC)CCC[SiH]1OCC. The second-order valence-electron chi connectivity index (χ2n) is 6.51. The molecule has 0 spiro atoms. The van der Waals surface area contributed by atoms with Crippen molar-refractivity contribution in [2.24, 2.45) is 0 Å². The average molecular weight is 363 g/mol. The van der Waals surface area contributed by atoms with E-state index >= 15 is 0 Å². The molecule has 3 nitrogen and oxygen atoms in total. The van der Waals surface area contributed by atoms with Crippen LogP contribution in [-0.2, 0) is 13.3 Å². The molecule has 0 N–H and O–H groups in total. The molecule has 0 aromatic rings. The first-order valence-corrected chi connectivity index (χ1v) is 14.6. The predicted octanol–water partition coefficient (Wildman–Crippen LogP) is 2.92. The first kappa shape index (κ1) is 20.6. The molecular weight excluding hydrogens is 324 g/mol. The fraction of sp³-hybridized carbons (Fsp3) is 1.00. The maximum Gasteiger partial charge on any atom is 0.183 e. The maximum absolute atomic E-state index is 6.27. The van der Waals surface area contributed by atoms with Gasteiger partial charge in [0, 0.05) is 19.8 Å². The van der Waals surface area contributed by atoms with Crippen LogP contribution in [0.4, 0.5) is 0 Å². The van der Waals surface area contributed by atoms with Gasteiger partial charge < -0.3 is 13.3 Å². The molecule has 0 aliphatic carbocycles. The molecule has 22 heavy (non-hydrogen) atoms. The van der Waals surface area contributed by atoms with E-state index in [0.29, 0.717) is 5.04 Å². The summed E-state index contributed by atoms with van der Waals surface area (Å²) in [5.41, 5.74) is 0. The first-order chi connectivity index (χ1) is 10.8. The first-order valence-electron chi connectivity index (χ1n) is 9.56. The molecule has 1 aliphatic rings. The molecule has 1 atom stereocenters. The molecule has 1 heterocycles. The Morgan fingerprint density at radius 2 is 1.50 bits per heavy atom. The lowest BCUT2D eigenvalue weighted by molar-refractivity contribution is 0.302. The quantitative estimate of drug-likeness (QED) is 0.351. The van der Waals surface area contributed by atoms with Crippen molar-refractivity contribution in [3.05, 3.63) is 0 Å². The molecule has 1 fully saturated rings. The van der Waals surface area contributed by atoms with Crippen LogP contribution < -0.4 is 0 Å². The molecule has 6 heteroatoms. The third-order valence-corrected chi connectivity index (χ3v) is 11.9. The zero-order valence-electron chi connectivity index (χ0n) is 15.2. The Kier molecular flexibility index (Phi) is 12.1. The van der Waals surface area contributed by atoms with Crippen LogP contribution in [0, 0.1) is 0 Å². The fourth-order valence-electron chi connectivity index (χ4n) is 3.92. The van der Waals surface area contributed by atoms with Crippen molar-refractivity contribution >= 4 is 28.6 Å². The van der Waals surface area contributed by atoms with Crippen LogP contribution >= 0.6 is 0 Å². The summed E-state index contributed by atoms with van der Waals surface area (Å²) in [6.07, 6.45) is 8.45. The Balaban J connectivity index is 2.41. The Morgan fingerprint density at radius 3 is 2.00 bits per heavy atom. The smallest absolute Gasteiger partial charge is 0.183 e. The van der Waals surface area contributed by atoms with Crippen LogP contribution in [0.1, 0.15) is 59.3 Å². The van der Waals surface area contributed by atoms with Gasteiger partial charge in [-0.2, -0.15) is 0 Å². The van der Waals surface area contributed by atoms with Gasteiger partial charge in [-0.25, -0.2) is 0 Å². The van der Waals surface area contributed by atoms with E-state index < -0.39 is 9.04 Å². The lowest BCUT2D eigenvalue weighted by Crippen LogP contribution is -2.31. The molecule has 1 saturated heterocycles. The lowest BCUT2D eigenvalue weighted by atomic mass is 9.92. The summed E-state index contributed by atoms with van der Waals surface area (Å²) in [7, 11) is -1.50. The molecular formula is C16H38O3Si3. The second kappa shape index (κ2) is 12.9. The Labute approximate surface area is 144 Å². The predicted molar refractivity (Wildman–Crippen MR) is 104 cm³/mol. The second-order valence-corrected chi connectivity index (χ2v) is 12.7. The standard InChI is InChI=1S/C16H38O3Si3/c1-4-17-20-13-7-10-16(11-8-14-21-18-5-2)12-9-15-22(16)19-6-3/h22H,4-15,20-21H2,1-3H3. The van der Waals surface area contributed by atoms with Crippen LogP contribution in [0.15, 0.2) is 0 Å². The highest BCUT2D eigenvalue weighted by molar-refractivity contribution is 6.56. The normalized spacial score (nSPS) is 26.0. The molecule has 0 aromatic carbocycles. The third-order valence-electron chi connectivity index (χ3n) is 5.03. The highest BCUT2D eigenvalue weighted by atomic mass is 28.3. The number of hydrogen-bond acceptors (Lipinski definition) is 3. The molecule has 132 valence electrons. The van der Waals surface area contributed by atoms with Crippen molar-refractivity contribution in [1.82, 2.24) is 0 Å². The van der Waals surface area contributed by atoms with E-state index in [9.17, 15) is 0 Å². The topological polar surface area (TPSA) is 27.7 Å². The summed E-state index contributed by atoms with van der Waals surface area (Å²) >= 11 is 0. The minimum Gasteiger partial charge on any atom is -0.424 e. The van der Waals surface area contributed by atoms with E-state index in [0.717, 1.165) is 19.8 Å². The van der Waals surface area contributed by atoms with Gasteiger partial charge >= 0.3 is 0 Å². The van der Waals surface area contributed by atoms with Gasteiger partial charge in [0.05, 0.1) is 0 Å². The largest absolute Gasteiger partial charge is 0.424 e. The van der Waals surface area contributed by atoms with Gasteiger partial charge in [0.1, 0.15) is 0 Å². The number of rotatable bonds is 14. The van der Waals surface area contributed by atoms with Gasteiger partial charge in [0.25, 0.3) is 0 Å². The molecule has 0 amide bonds. The molecule has 0 saturated carbocycles. The zero-order chi connectivity index (χ0) is 16.1. The molecule has 0 radical (unpaired) electrons. The van der Waals surface area contributed by atoms with Crippen molar-refractivity contribution in [1.29, 1.82) is 0 Å². The van der Waals surface area contributed by atoms with Crippen LogP contribution in [0.3, 0.4) is 0 Å². The third kappa shape index (κ3) is 7.40. The summed E-state index contributed by atoms with van der Waals surface area (Å²) in [5, 5.41) is 0.608. The van der Waals surface area contributed by atoms with Gasteiger partial charge in [0.15, 0.2) is 28.6 Å². The van der Waals surface area contributed by atoms with E-state index in [1.54, 1.807) is 0 Å². The maximum atomic E-state index is 6.27. The molecule has 0 bridgehead atoms. The average Bonchev–Trinajstić information content (AvgIpc) is 2.90. The highest BCUT2D eigenvalue weighted by Crippen LogP contribution is 2.52. The van der Waals surface area contributed by atoms with E-state index in [4.69, 9.17) is 13.3 Å². The van der Waals surface area contributed by atoms with Crippen LogP contribution in [0.2, 0.25) is 23.2 Å². The molecule has 0 aromatic heterocycles.